The van der Waals surface area contributed by atoms with E-state index in [-0.39, 0.29) is 12.5 Å². The Kier molecular flexibility index (Phi) is 3.74. The van der Waals surface area contributed by atoms with Crippen LogP contribution in [0, 0.1) is 5.92 Å². The van der Waals surface area contributed by atoms with Crippen molar-refractivity contribution in [3.8, 4) is 0 Å². The van der Waals surface area contributed by atoms with Crippen molar-refractivity contribution in [3.63, 3.8) is 0 Å². The lowest BCUT2D eigenvalue weighted by molar-refractivity contribution is -0.0978. The van der Waals surface area contributed by atoms with Crippen LogP contribution in [0.2, 0.25) is 0 Å². The van der Waals surface area contributed by atoms with E-state index in [1.807, 2.05) is 0 Å². The third-order valence-corrected chi connectivity index (χ3v) is 3.38. The molecule has 0 aromatic heterocycles. The zero-order valence-electron chi connectivity index (χ0n) is 9.93. The molecule has 104 valence electrons. The SMILES string of the molecule is CC1CN([C@@H]2O[C@H](CO)[C@H](O)[C@H]2O)C(=O)NC1O. The molecule has 0 spiro atoms. The minimum Gasteiger partial charge on any atom is -0.394 e. The number of aliphatic hydroxyl groups is 4. The zero-order chi connectivity index (χ0) is 13.4. The molecule has 0 aliphatic carbocycles. The topological polar surface area (TPSA) is 122 Å². The summed E-state index contributed by atoms with van der Waals surface area (Å²) in [5.74, 6) is -0.233. The van der Waals surface area contributed by atoms with E-state index < -0.39 is 43.4 Å². The van der Waals surface area contributed by atoms with Gasteiger partial charge in [0.2, 0.25) is 0 Å². The number of nitrogens with one attached hydrogen (secondary N) is 1. The van der Waals surface area contributed by atoms with Gasteiger partial charge in [-0.25, -0.2) is 4.79 Å². The van der Waals surface area contributed by atoms with Crippen molar-refractivity contribution in [1.29, 1.82) is 0 Å². The molecule has 8 heteroatoms. The van der Waals surface area contributed by atoms with Crippen LogP contribution < -0.4 is 5.32 Å². The minimum absolute atomic E-state index is 0.194. The minimum atomic E-state index is -1.28. The lowest BCUT2D eigenvalue weighted by atomic mass is 10.1. The van der Waals surface area contributed by atoms with Crippen LogP contribution in [0.3, 0.4) is 0 Å². The molecular formula is C10H18N2O6. The smallest absolute Gasteiger partial charge is 0.321 e. The number of carbonyl (C=O) groups is 1. The van der Waals surface area contributed by atoms with E-state index in [9.17, 15) is 20.1 Å². The predicted octanol–water partition coefficient (Wildman–Crippen LogP) is -2.59. The maximum atomic E-state index is 11.7. The molecular weight excluding hydrogens is 244 g/mol. The zero-order valence-corrected chi connectivity index (χ0v) is 9.93. The molecule has 0 aromatic rings. The second-order valence-electron chi connectivity index (χ2n) is 4.75. The van der Waals surface area contributed by atoms with Crippen molar-refractivity contribution in [2.75, 3.05) is 13.2 Å². The third kappa shape index (κ3) is 2.17. The number of rotatable bonds is 2. The molecule has 2 aliphatic rings. The Hall–Kier alpha value is -0.930. The summed E-state index contributed by atoms with van der Waals surface area (Å²) in [4.78, 5) is 12.9. The van der Waals surface area contributed by atoms with E-state index in [2.05, 4.69) is 5.32 Å². The highest BCUT2D eigenvalue weighted by Gasteiger charge is 2.48. The van der Waals surface area contributed by atoms with Gasteiger partial charge in [-0.2, -0.15) is 0 Å². The summed E-state index contributed by atoms with van der Waals surface area (Å²) in [5.41, 5.74) is 0. The van der Waals surface area contributed by atoms with Gasteiger partial charge in [-0.15, -0.1) is 0 Å². The number of amides is 2. The Morgan fingerprint density at radius 1 is 1.39 bits per heavy atom. The van der Waals surface area contributed by atoms with Gasteiger partial charge in [-0.3, -0.25) is 4.90 Å². The molecule has 2 amide bonds. The summed E-state index contributed by atoms with van der Waals surface area (Å²) < 4.78 is 5.26. The fourth-order valence-electron chi connectivity index (χ4n) is 2.20. The van der Waals surface area contributed by atoms with Gasteiger partial charge in [-0.1, -0.05) is 6.92 Å². The molecule has 2 unspecified atom stereocenters. The molecule has 2 aliphatic heterocycles. The largest absolute Gasteiger partial charge is 0.394 e. The molecule has 5 N–H and O–H groups in total. The Labute approximate surface area is 104 Å². The lowest BCUT2D eigenvalue weighted by Crippen LogP contribution is -2.61. The standard InChI is InChI=1S/C10H18N2O6/c1-4-2-12(10(17)11-8(4)16)9-7(15)6(14)5(3-13)18-9/h4-9,13-16H,2-3H2,1H3,(H,11,17)/t4?,5-,6+,7-,8?,9-/m1/s1. The molecule has 6 atom stereocenters. The van der Waals surface area contributed by atoms with Crippen molar-refractivity contribution in [2.24, 2.45) is 5.92 Å². The Morgan fingerprint density at radius 2 is 2.06 bits per heavy atom. The number of hydrogen-bond donors (Lipinski definition) is 5. The van der Waals surface area contributed by atoms with Crippen LogP contribution in [0.25, 0.3) is 0 Å². The van der Waals surface area contributed by atoms with Gasteiger partial charge in [0.05, 0.1) is 6.61 Å². The Balaban J connectivity index is 2.10. The number of urea groups is 1. The van der Waals surface area contributed by atoms with Crippen LogP contribution >= 0.6 is 0 Å². The summed E-state index contributed by atoms with van der Waals surface area (Å²) in [6.45, 7) is 1.49. The van der Waals surface area contributed by atoms with Crippen molar-refractivity contribution < 1.29 is 30.0 Å². The number of carbonyl (C=O) groups excluding carboxylic acids is 1. The first-order chi connectivity index (χ1) is 8.45. The van der Waals surface area contributed by atoms with E-state index >= 15 is 0 Å². The maximum absolute atomic E-state index is 11.7. The first kappa shape index (κ1) is 13.5. The maximum Gasteiger partial charge on any atom is 0.321 e. The summed E-state index contributed by atoms with van der Waals surface area (Å²) in [6, 6.07) is -0.574. The fraction of sp³-hybridized carbons (Fsp3) is 0.900. The van der Waals surface area contributed by atoms with Gasteiger partial charge < -0.3 is 30.5 Å². The highest BCUT2D eigenvalue weighted by atomic mass is 16.6. The molecule has 2 rings (SSSR count). The van der Waals surface area contributed by atoms with Crippen molar-refractivity contribution in [2.45, 2.75) is 37.7 Å². The van der Waals surface area contributed by atoms with E-state index in [4.69, 9.17) is 9.84 Å². The van der Waals surface area contributed by atoms with Gasteiger partial charge in [0, 0.05) is 12.5 Å². The number of hydrogen-bond acceptors (Lipinski definition) is 6. The molecule has 0 aromatic carbocycles. The highest BCUT2D eigenvalue weighted by Crippen LogP contribution is 2.26. The summed E-state index contributed by atoms with van der Waals surface area (Å²) in [7, 11) is 0. The lowest BCUT2D eigenvalue weighted by Gasteiger charge is -2.38. The third-order valence-electron chi connectivity index (χ3n) is 3.38. The number of ether oxygens (including phenoxy) is 1. The molecule has 2 heterocycles. The van der Waals surface area contributed by atoms with Gasteiger partial charge in [-0.05, 0) is 0 Å². The van der Waals surface area contributed by atoms with Crippen LogP contribution in [-0.4, -0.2) is 75.3 Å². The number of aliphatic hydroxyl groups excluding tert-OH is 4. The normalized spacial score (nSPS) is 45.2. The fourth-order valence-corrected chi connectivity index (χ4v) is 2.20. The highest BCUT2D eigenvalue weighted by molar-refractivity contribution is 5.75. The van der Waals surface area contributed by atoms with Crippen molar-refractivity contribution in [3.05, 3.63) is 0 Å². The van der Waals surface area contributed by atoms with Gasteiger partial charge in [0.25, 0.3) is 0 Å². The van der Waals surface area contributed by atoms with Crippen LogP contribution in [0.4, 0.5) is 4.79 Å². The molecule has 0 saturated carbocycles. The first-order valence-corrected chi connectivity index (χ1v) is 5.83. The van der Waals surface area contributed by atoms with E-state index in [0.29, 0.717) is 0 Å². The average Bonchev–Trinajstić information content (AvgIpc) is 2.61. The van der Waals surface area contributed by atoms with Crippen LogP contribution in [0.15, 0.2) is 0 Å². The summed E-state index contributed by atoms with van der Waals surface area (Å²) in [6.07, 6.45) is -5.40. The van der Waals surface area contributed by atoms with Crippen molar-refractivity contribution in [1.82, 2.24) is 10.2 Å². The molecule has 18 heavy (non-hydrogen) atoms. The van der Waals surface area contributed by atoms with E-state index in [0.717, 1.165) is 0 Å². The van der Waals surface area contributed by atoms with Crippen LogP contribution in [0.5, 0.6) is 0 Å². The Bertz CT molecular complexity index is 327. The predicted molar refractivity (Wildman–Crippen MR) is 58.2 cm³/mol. The average molecular weight is 262 g/mol. The molecule has 2 saturated heterocycles. The molecule has 0 bridgehead atoms. The van der Waals surface area contributed by atoms with Crippen LogP contribution in [0.1, 0.15) is 6.92 Å². The summed E-state index contributed by atoms with van der Waals surface area (Å²) in [5, 5.41) is 40.2. The van der Waals surface area contributed by atoms with E-state index in [1.54, 1.807) is 6.92 Å². The van der Waals surface area contributed by atoms with E-state index in [1.165, 1.54) is 4.90 Å². The second kappa shape index (κ2) is 4.98. The first-order valence-electron chi connectivity index (χ1n) is 5.83. The molecule has 0 radical (unpaired) electrons. The summed E-state index contributed by atoms with van der Waals surface area (Å²) >= 11 is 0. The van der Waals surface area contributed by atoms with Gasteiger partial charge >= 0.3 is 6.03 Å². The second-order valence-corrected chi connectivity index (χ2v) is 4.75. The molecule has 8 nitrogen and oxygen atoms in total. The van der Waals surface area contributed by atoms with Crippen LogP contribution in [-0.2, 0) is 4.74 Å². The van der Waals surface area contributed by atoms with Crippen molar-refractivity contribution >= 4 is 6.03 Å². The monoisotopic (exact) mass is 262 g/mol. The van der Waals surface area contributed by atoms with Gasteiger partial charge in [0.15, 0.2) is 6.23 Å². The Morgan fingerprint density at radius 3 is 2.61 bits per heavy atom. The molecule has 2 fully saturated rings. The quantitative estimate of drug-likeness (QED) is 0.372. The number of nitrogens with zero attached hydrogens (tertiary/aromatic N) is 1. The van der Waals surface area contributed by atoms with Gasteiger partial charge in [0.1, 0.15) is 24.5 Å².